The Morgan fingerprint density at radius 3 is 1.95 bits per heavy atom. The zero-order chi connectivity index (χ0) is 14.7. The molecule has 104 valence electrons. The van der Waals surface area contributed by atoms with E-state index in [9.17, 15) is 14.4 Å². The third kappa shape index (κ3) is 8.87. The number of nitrogens with one attached hydrogen (secondary N) is 2. The molecule has 0 spiro atoms. The van der Waals surface area contributed by atoms with Crippen LogP contribution in [0.2, 0.25) is 0 Å². The molecule has 19 heavy (non-hydrogen) atoms. The standard InChI is InChI=1S/C9H9ClN2O2.C2H3ClO2/c10-6-8(13)11-12-9(14)7-4-2-1-3-5-7;3-1-2(4)5/h1-5H,6H2,(H,11,13)(H,12,14);1H2,(H,4,5). The monoisotopic (exact) mass is 306 g/mol. The first-order chi connectivity index (χ1) is 9.01. The molecule has 0 atom stereocenters. The van der Waals surface area contributed by atoms with Crippen LogP contribution in [0.1, 0.15) is 10.4 Å². The van der Waals surface area contributed by atoms with Crippen molar-refractivity contribution < 1.29 is 19.5 Å². The predicted molar refractivity (Wildman–Crippen MR) is 71.1 cm³/mol. The predicted octanol–water partition coefficient (Wildman–Crippen LogP) is 0.996. The summed E-state index contributed by atoms with van der Waals surface area (Å²) < 4.78 is 0. The number of carbonyl (C=O) groups excluding carboxylic acids is 2. The van der Waals surface area contributed by atoms with Crippen molar-refractivity contribution >= 4 is 41.0 Å². The second-order valence-electron chi connectivity index (χ2n) is 3.03. The van der Waals surface area contributed by atoms with Crippen molar-refractivity contribution in [3.05, 3.63) is 35.9 Å². The van der Waals surface area contributed by atoms with E-state index in [4.69, 9.17) is 28.3 Å². The Labute approximate surface area is 119 Å². The van der Waals surface area contributed by atoms with E-state index < -0.39 is 11.9 Å². The Bertz CT molecular complexity index is 426. The number of alkyl halides is 2. The zero-order valence-corrected chi connectivity index (χ0v) is 11.2. The van der Waals surface area contributed by atoms with Crippen LogP contribution >= 0.6 is 23.2 Å². The van der Waals surface area contributed by atoms with Gasteiger partial charge in [0, 0.05) is 5.56 Å². The van der Waals surface area contributed by atoms with Crippen molar-refractivity contribution in [3.8, 4) is 0 Å². The molecule has 1 aromatic carbocycles. The van der Waals surface area contributed by atoms with Crippen LogP contribution in [-0.4, -0.2) is 34.7 Å². The fourth-order valence-electron chi connectivity index (χ4n) is 0.822. The highest BCUT2D eigenvalue weighted by molar-refractivity contribution is 6.27. The third-order valence-corrected chi connectivity index (χ3v) is 2.06. The van der Waals surface area contributed by atoms with E-state index in [1.165, 1.54) is 0 Å². The molecular formula is C11H12Cl2N2O4. The first kappa shape index (κ1) is 17.2. The number of hydrogen-bond acceptors (Lipinski definition) is 3. The number of aliphatic carboxylic acids is 1. The smallest absolute Gasteiger partial charge is 0.318 e. The van der Waals surface area contributed by atoms with Gasteiger partial charge >= 0.3 is 5.97 Å². The van der Waals surface area contributed by atoms with Crippen LogP contribution in [0.5, 0.6) is 0 Å². The van der Waals surface area contributed by atoms with Crippen LogP contribution in [0.3, 0.4) is 0 Å². The lowest BCUT2D eigenvalue weighted by atomic mass is 10.2. The van der Waals surface area contributed by atoms with Gasteiger partial charge < -0.3 is 5.11 Å². The molecule has 0 saturated carbocycles. The summed E-state index contributed by atoms with van der Waals surface area (Å²) in [6, 6.07) is 8.55. The van der Waals surface area contributed by atoms with Crippen LogP contribution < -0.4 is 10.9 Å². The summed E-state index contributed by atoms with van der Waals surface area (Å²) >= 11 is 9.96. The minimum absolute atomic E-state index is 0.185. The van der Waals surface area contributed by atoms with Gasteiger partial charge in [0.15, 0.2) is 0 Å². The minimum Gasteiger partial charge on any atom is -0.480 e. The Morgan fingerprint density at radius 2 is 1.53 bits per heavy atom. The number of hydrazine groups is 1. The molecule has 0 aliphatic heterocycles. The maximum atomic E-state index is 11.3. The highest BCUT2D eigenvalue weighted by Gasteiger charge is 2.04. The van der Waals surface area contributed by atoms with E-state index in [-0.39, 0.29) is 17.7 Å². The van der Waals surface area contributed by atoms with Crippen LogP contribution in [0.15, 0.2) is 30.3 Å². The number of amides is 2. The van der Waals surface area contributed by atoms with E-state index >= 15 is 0 Å². The SMILES string of the molecule is O=C(CCl)NNC(=O)c1ccccc1.O=C(O)CCl. The van der Waals surface area contributed by atoms with Crippen LogP contribution in [0, 0.1) is 0 Å². The quantitative estimate of drug-likeness (QED) is 0.573. The number of carboxylic acid groups (broad SMARTS) is 1. The molecular weight excluding hydrogens is 295 g/mol. The molecule has 0 heterocycles. The van der Waals surface area contributed by atoms with E-state index in [1.54, 1.807) is 30.3 Å². The average Bonchev–Trinajstić information content (AvgIpc) is 2.45. The molecule has 0 aliphatic rings. The lowest BCUT2D eigenvalue weighted by Crippen LogP contribution is -2.42. The van der Waals surface area contributed by atoms with Crippen molar-refractivity contribution in [1.82, 2.24) is 10.9 Å². The largest absolute Gasteiger partial charge is 0.480 e. The number of rotatable bonds is 3. The van der Waals surface area contributed by atoms with Gasteiger partial charge in [0.05, 0.1) is 0 Å². The summed E-state index contributed by atoms with van der Waals surface area (Å²) in [5.41, 5.74) is 4.86. The molecule has 1 aromatic rings. The molecule has 1 rings (SSSR count). The molecule has 0 unspecified atom stereocenters. The summed E-state index contributed by atoms with van der Waals surface area (Å²) in [6.45, 7) is 0. The highest BCUT2D eigenvalue weighted by Crippen LogP contribution is 1.96. The van der Waals surface area contributed by atoms with Crippen LogP contribution in [-0.2, 0) is 9.59 Å². The molecule has 0 radical (unpaired) electrons. The Morgan fingerprint density at radius 1 is 1.00 bits per heavy atom. The second kappa shape index (κ2) is 10.2. The topological polar surface area (TPSA) is 95.5 Å². The van der Waals surface area contributed by atoms with E-state index in [2.05, 4.69) is 10.9 Å². The van der Waals surface area contributed by atoms with E-state index in [1.807, 2.05) is 0 Å². The number of hydrogen-bond donors (Lipinski definition) is 3. The Hall–Kier alpha value is -1.79. The molecule has 6 nitrogen and oxygen atoms in total. The average molecular weight is 307 g/mol. The van der Waals surface area contributed by atoms with Crippen LogP contribution in [0.4, 0.5) is 0 Å². The molecule has 2 amide bonds. The fraction of sp³-hybridized carbons (Fsp3) is 0.182. The first-order valence-electron chi connectivity index (χ1n) is 4.99. The van der Waals surface area contributed by atoms with Crippen LogP contribution in [0.25, 0.3) is 0 Å². The molecule has 0 saturated heterocycles. The zero-order valence-electron chi connectivity index (χ0n) is 9.73. The minimum atomic E-state index is -0.980. The maximum absolute atomic E-state index is 11.3. The third-order valence-electron chi connectivity index (χ3n) is 1.59. The van der Waals surface area contributed by atoms with Crippen molar-refractivity contribution in [2.24, 2.45) is 0 Å². The van der Waals surface area contributed by atoms with Crippen molar-refractivity contribution in [2.45, 2.75) is 0 Å². The van der Waals surface area contributed by atoms with Crippen molar-refractivity contribution in [2.75, 3.05) is 11.8 Å². The van der Waals surface area contributed by atoms with Crippen molar-refractivity contribution in [3.63, 3.8) is 0 Å². The fourth-order valence-corrected chi connectivity index (χ4v) is 0.888. The number of carboxylic acids is 1. The van der Waals surface area contributed by atoms with E-state index in [0.717, 1.165) is 0 Å². The van der Waals surface area contributed by atoms with Gasteiger partial charge in [-0.1, -0.05) is 18.2 Å². The summed E-state index contributed by atoms with van der Waals surface area (Å²) in [5.74, 6) is -2.29. The molecule has 0 aromatic heterocycles. The Kier molecular flexibility index (Phi) is 9.20. The summed E-state index contributed by atoms with van der Waals surface area (Å²) in [4.78, 5) is 31.2. The molecule has 0 aliphatic carbocycles. The first-order valence-corrected chi connectivity index (χ1v) is 6.06. The maximum Gasteiger partial charge on any atom is 0.318 e. The molecule has 8 heteroatoms. The molecule has 0 fully saturated rings. The van der Waals surface area contributed by atoms with Gasteiger partial charge in [-0.3, -0.25) is 25.2 Å². The van der Waals surface area contributed by atoms with Gasteiger partial charge in [-0.25, -0.2) is 0 Å². The van der Waals surface area contributed by atoms with Gasteiger partial charge in [-0.15, -0.1) is 23.2 Å². The lowest BCUT2D eigenvalue weighted by molar-refractivity contribution is -0.134. The van der Waals surface area contributed by atoms with Gasteiger partial charge in [0.2, 0.25) is 0 Å². The summed E-state index contributed by atoms with van der Waals surface area (Å²) in [6.07, 6.45) is 0. The van der Waals surface area contributed by atoms with Gasteiger partial charge in [-0.2, -0.15) is 0 Å². The highest BCUT2D eigenvalue weighted by atomic mass is 35.5. The second-order valence-corrected chi connectivity index (χ2v) is 3.56. The Balaban J connectivity index is 0.000000555. The van der Waals surface area contributed by atoms with Gasteiger partial charge in [0.25, 0.3) is 11.8 Å². The lowest BCUT2D eigenvalue weighted by Gasteiger charge is -2.04. The van der Waals surface area contributed by atoms with Gasteiger partial charge in [0.1, 0.15) is 11.8 Å². The van der Waals surface area contributed by atoms with Gasteiger partial charge in [-0.05, 0) is 12.1 Å². The number of carbonyl (C=O) groups is 3. The summed E-state index contributed by atoms with van der Waals surface area (Å²) in [5, 5.41) is 7.59. The van der Waals surface area contributed by atoms with E-state index in [0.29, 0.717) is 5.56 Å². The molecule has 3 N–H and O–H groups in total. The number of halogens is 2. The molecule has 0 bridgehead atoms. The normalized spacial score (nSPS) is 8.74. The van der Waals surface area contributed by atoms with Crippen molar-refractivity contribution in [1.29, 1.82) is 0 Å². The number of benzene rings is 1. The summed E-state index contributed by atoms with van der Waals surface area (Å²) in [7, 11) is 0.